The lowest BCUT2D eigenvalue weighted by atomic mass is 10.1. The summed E-state index contributed by atoms with van der Waals surface area (Å²) in [7, 11) is 1.90. The number of aliphatic hydroxyl groups excluding tert-OH is 1. The number of nitrogen functional groups attached to an aromatic ring is 1. The quantitative estimate of drug-likeness (QED) is 0.523. The number of likely N-dealkylation sites (N-methyl/N-ethyl adjacent to an activating group) is 1. The summed E-state index contributed by atoms with van der Waals surface area (Å²) in [5.41, 5.74) is 9.75. The number of non-ortho nitro benzene ring substituents is 1. The summed E-state index contributed by atoms with van der Waals surface area (Å²) in [5, 5.41) is 20.0. The summed E-state index contributed by atoms with van der Waals surface area (Å²) in [4.78, 5) is 17.1. The Kier molecular flexibility index (Phi) is 4.64. The van der Waals surface area contributed by atoms with Crippen molar-refractivity contribution < 1.29 is 10.0 Å². The molecule has 0 aliphatic heterocycles. The van der Waals surface area contributed by atoms with Gasteiger partial charge in [-0.15, -0.1) is 0 Å². The third kappa shape index (κ3) is 3.44. The number of nitrogens with two attached hydrogens (primary N) is 1. The van der Waals surface area contributed by atoms with E-state index in [4.69, 9.17) is 10.8 Å². The van der Waals surface area contributed by atoms with Gasteiger partial charge in [-0.1, -0.05) is 0 Å². The van der Waals surface area contributed by atoms with Gasteiger partial charge >= 0.3 is 0 Å². The molecule has 2 aromatic heterocycles. The zero-order valence-electron chi connectivity index (χ0n) is 13.8. The molecule has 3 aromatic rings. The number of nitro benzene ring substituents is 1. The molecule has 0 atom stereocenters. The fraction of sp³-hybridized carbons (Fsp3) is 0.235. The maximum absolute atomic E-state index is 10.9. The van der Waals surface area contributed by atoms with E-state index in [0.29, 0.717) is 18.8 Å². The minimum atomic E-state index is -0.426. The van der Waals surface area contributed by atoms with Crippen molar-refractivity contribution in [2.45, 2.75) is 6.54 Å². The van der Waals surface area contributed by atoms with Crippen molar-refractivity contribution in [3.8, 4) is 11.3 Å². The molecular formula is C17H19N5O3. The molecule has 8 heteroatoms. The second-order valence-electron chi connectivity index (χ2n) is 5.86. The molecule has 8 nitrogen and oxygen atoms in total. The molecule has 0 saturated carbocycles. The number of fused-ring (bicyclic) bond motifs is 1. The predicted octanol–water partition coefficient (Wildman–Crippen LogP) is 1.92. The molecule has 130 valence electrons. The number of hydrogen-bond acceptors (Lipinski definition) is 6. The van der Waals surface area contributed by atoms with Gasteiger partial charge in [0.1, 0.15) is 5.65 Å². The molecule has 2 heterocycles. The molecule has 1 aromatic carbocycles. The van der Waals surface area contributed by atoms with Crippen LogP contribution >= 0.6 is 0 Å². The normalized spacial score (nSPS) is 11.3. The van der Waals surface area contributed by atoms with Crippen molar-refractivity contribution >= 4 is 17.0 Å². The second-order valence-corrected chi connectivity index (χ2v) is 5.86. The van der Waals surface area contributed by atoms with Crippen LogP contribution in [0.1, 0.15) is 5.69 Å². The lowest BCUT2D eigenvalue weighted by Crippen LogP contribution is -2.22. The summed E-state index contributed by atoms with van der Waals surface area (Å²) < 4.78 is 1.92. The van der Waals surface area contributed by atoms with Crippen molar-refractivity contribution in [3.63, 3.8) is 0 Å². The molecule has 3 rings (SSSR count). The van der Waals surface area contributed by atoms with E-state index in [-0.39, 0.29) is 12.3 Å². The first kappa shape index (κ1) is 16.9. The van der Waals surface area contributed by atoms with E-state index in [1.165, 1.54) is 12.1 Å². The zero-order valence-corrected chi connectivity index (χ0v) is 13.8. The van der Waals surface area contributed by atoms with Crippen molar-refractivity contribution in [1.82, 2.24) is 14.3 Å². The lowest BCUT2D eigenvalue weighted by Gasteiger charge is -2.16. The Morgan fingerprint density at radius 3 is 2.64 bits per heavy atom. The number of rotatable bonds is 6. The van der Waals surface area contributed by atoms with E-state index >= 15 is 0 Å². The minimum Gasteiger partial charge on any atom is -0.398 e. The Balaban J connectivity index is 2.10. The summed E-state index contributed by atoms with van der Waals surface area (Å²) in [6.45, 7) is 1.13. The fourth-order valence-corrected chi connectivity index (χ4v) is 2.74. The van der Waals surface area contributed by atoms with Gasteiger partial charge in [0.05, 0.1) is 22.9 Å². The van der Waals surface area contributed by atoms with Crippen LogP contribution in [0.4, 0.5) is 11.4 Å². The minimum absolute atomic E-state index is 0.0377. The van der Waals surface area contributed by atoms with Crippen LogP contribution in [0, 0.1) is 10.1 Å². The Hall–Kier alpha value is -2.97. The van der Waals surface area contributed by atoms with Gasteiger partial charge in [-0.2, -0.15) is 0 Å². The summed E-state index contributed by atoms with van der Waals surface area (Å²) in [5.74, 6) is 0. The first-order valence-electron chi connectivity index (χ1n) is 7.80. The van der Waals surface area contributed by atoms with E-state index in [1.807, 2.05) is 22.4 Å². The lowest BCUT2D eigenvalue weighted by molar-refractivity contribution is -0.384. The van der Waals surface area contributed by atoms with E-state index in [0.717, 1.165) is 22.6 Å². The number of nitro groups is 1. The van der Waals surface area contributed by atoms with Gasteiger partial charge in [0.2, 0.25) is 0 Å². The number of imidazole rings is 1. The maximum Gasteiger partial charge on any atom is 0.269 e. The van der Waals surface area contributed by atoms with Gasteiger partial charge in [0.15, 0.2) is 0 Å². The van der Waals surface area contributed by atoms with Crippen LogP contribution in [-0.2, 0) is 6.54 Å². The Labute approximate surface area is 144 Å². The Morgan fingerprint density at radius 1 is 1.28 bits per heavy atom. The highest BCUT2D eigenvalue weighted by Crippen LogP contribution is 2.27. The van der Waals surface area contributed by atoms with Crippen molar-refractivity contribution in [2.24, 2.45) is 0 Å². The van der Waals surface area contributed by atoms with Crippen LogP contribution < -0.4 is 5.73 Å². The van der Waals surface area contributed by atoms with Crippen molar-refractivity contribution in [2.75, 3.05) is 25.9 Å². The van der Waals surface area contributed by atoms with Gasteiger partial charge < -0.3 is 15.2 Å². The number of benzene rings is 1. The van der Waals surface area contributed by atoms with Crippen LogP contribution in [-0.4, -0.2) is 44.5 Å². The first-order valence-corrected chi connectivity index (χ1v) is 7.80. The van der Waals surface area contributed by atoms with E-state index in [9.17, 15) is 10.1 Å². The maximum atomic E-state index is 10.9. The first-order chi connectivity index (χ1) is 12.0. The van der Waals surface area contributed by atoms with Gasteiger partial charge in [0.25, 0.3) is 5.69 Å². The van der Waals surface area contributed by atoms with Gasteiger partial charge in [-0.3, -0.25) is 15.0 Å². The number of nitrogens with zero attached hydrogens (tertiary/aromatic N) is 4. The van der Waals surface area contributed by atoms with Gasteiger partial charge in [-0.05, 0) is 31.3 Å². The van der Waals surface area contributed by atoms with Crippen LogP contribution in [0.3, 0.4) is 0 Å². The highest BCUT2D eigenvalue weighted by atomic mass is 16.6. The van der Waals surface area contributed by atoms with Crippen LogP contribution in [0.2, 0.25) is 0 Å². The van der Waals surface area contributed by atoms with E-state index in [1.54, 1.807) is 24.4 Å². The molecule has 0 amide bonds. The molecule has 0 saturated heterocycles. The summed E-state index contributed by atoms with van der Waals surface area (Å²) in [6.07, 6.45) is 1.80. The number of anilines is 1. The molecule has 0 fully saturated rings. The third-order valence-corrected chi connectivity index (χ3v) is 3.99. The van der Waals surface area contributed by atoms with E-state index < -0.39 is 4.92 Å². The Morgan fingerprint density at radius 2 is 2.00 bits per heavy atom. The van der Waals surface area contributed by atoms with Gasteiger partial charge in [0, 0.05) is 42.7 Å². The molecule has 0 aliphatic carbocycles. The molecule has 25 heavy (non-hydrogen) atoms. The molecule has 0 radical (unpaired) electrons. The number of aliphatic hydroxyl groups is 1. The second kappa shape index (κ2) is 6.88. The summed E-state index contributed by atoms with van der Waals surface area (Å²) >= 11 is 0. The van der Waals surface area contributed by atoms with Gasteiger partial charge in [-0.25, -0.2) is 4.98 Å². The SMILES string of the molecule is CN(CCO)Cc1c(-c2ccc([N+](=O)[O-])cc2)nc2ccc(N)cn12. The average Bonchev–Trinajstić information content (AvgIpc) is 2.93. The van der Waals surface area contributed by atoms with E-state index in [2.05, 4.69) is 4.98 Å². The standard InChI is InChI=1S/C17H19N5O3/c1-20(8-9-23)11-15-17(12-2-5-14(6-3-12)22(24)25)19-16-7-4-13(18)10-21(15)16/h2-7,10,23H,8-9,11,18H2,1H3. The molecule has 0 spiro atoms. The topological polar surface area (TPSA) is 110 Å². The van der Waals surface area contributed by atoms with Crippen LogP contribution in [0.5, 0.6) is 0 Å². The van der Waals surface area contributed by atoms with Crippen LogP contribution in [0.25, 0.3) is 16.9 Å². The average molecular weight is 341 g/mol. The van der Waals surface area contributed by atoms with Crippen molar-refractivity contribution in [1.29, 1.82) is 0 Å². The smallest absolute Gasteiger partial charge is 0.269 e. The van der Waals surface area contributed by atoms with Crippen LogP contribution in [0.15, 0.2) is 42.6 Å². The largest absolute Gasteiger partial charge is 0.398 e. The summed E-state index contributed by atoms with van der Waals surface area (Å²) in [6, 6.07) is 9.93. The highest BCUT2D eigenvalue weighted by Gasteiger charge is 2.17. The molecule has 0 unspecified atom stereocenters. The third-order valence-electron chi connectivity index (χ3n) is 3.99. The monoisotopic (exact) mass is 341 g/mol. The number of hydrogen-bond donors (Lipinski definition) is 2. The number of pyridine rings is 1. The number of aromatic nitrogens is 2. The zero-order chi connectivity index (χ0) is 18.0. The fourth-order valence-electron chi connectivity index (χ4n) is 2.74. The highest BCUT2D eigenvalue weighted by molar-refractivity contribution is 5.68. The molecular weight excluding hydrogens is 322 g/mol. The molecule has 0 bridgehead atoms. The predicted molar refractivity (Wildman–Crippen MR) is 95.1 cm³/mol. The Bertz CT molecular complexity index is 905. The molecule has 0 aliphatic rings. The molecule has 3 N–H and O–H groups in total. The van der Waals surface area contributed by atoms with Crippen molar-refractivity contribution in [3.05, 3.63) is 58.4 Å².